The van der Waals surface area contributed by atoms with Crippen molar-refractivity contribution in [3.63, 3.8) is 0 Å². The molecule has 4 aliphatic carbocycles. The van der Waals surface area contributed by atoms with E-state index in [1.165, 1.54) is 6.92 Å². The smallest absolute Gasteiger partial charge is 0.302 e. The lowest BCUT2D eigenvalue weighted by molar-refractivity contribution is -0.168. The molecular weight excluding hydrogens is 316 g/mol. The third-order valence-corrected chi connectivity index (χ3v) is 8.45. The topological polar surface area (TPSA) is 60.4 Å². The second-order valence-corrected chi connectivity index (χ2v) is 9.53. The minimum absolute atomic E-state index is 0.0175. The Labute approximate surface area is 150 Å². The van der Waals surface area contributed by atoms with Gasteiger partial charge in [-0.15, -0.1) is 0 Å². The molecule has 25 heavy (non-hydrogen) atoms. The fraction of sp³-hybridized carbons (Fsp3) is 0.857. The lowest BCUT2D eigenvalue weighted by atomic mass is 9.45. The molecule has 4 aliphatic rings. The van der Waals surface area contributed by atoms with E-state index in [0.29, 0.717) is 48.6 Å². The van der Waals surface area contributed by atoms with Crippen LogP contribution in [0.2, 0.25) is 0 Å². The molecule has 0 aromatic rings. The molecule has 0 aliphatic heterocycles. The number of ether oxygens (including phenoxy) is 1. The number of esters is 1. The van der Waals surface area contributed by atoms with Gasteiger partial charge in [-0.2, -0.15) is 0 Å². The highest BCUT2D eigenvalue weighted by Gasteiger charge is 2.62. The summed E-state index contributed by atoms with van der Waals surface area (Å²) < 4.78 is 5.43. The quantitative estimate of drug-likeness (QED) is 0.679. The lowest BCUT2D eigenvalue weighted by Gasteiger charge is -2.59. The summed E-state index contributed by atoms with van der Waals surface area (Å²) >= 11 is 0. The van der Waals surface area contributed by atoms with Gasteiger partial charge >= 0.3 is 5.97 Å². The molecule has 0 heterocycles. The Bertz CT molecular complexity index is 625. The van der Waals surface area contributed by atoms with Gasteiger partial charge in [0.25, 0.3) is 0 Å². The van der Waals surface area contributed by atoms with Gasteiger partial charge in [0.2, 0.25) is 0 Å². The largest absolute Gasteiger partial charge is 0.463 e. The molecule has 0 amide bonds. The Balaban J connectivity index is 1.60. The van der Waals surface area contributed by atoms with E-state index in [2.05, 4.69) is 13.8 Å². The minimum atomic E-state index is -0.243. The summed E-state index contributed by atoms with van der Waals surface area (Å²) in [4.78, 5) is 36.8. The molecule has 6 unspecified atom stereocenters. The Kier molecular flexibility index (Phi) is 3.90. The number of hydrogen-bond acceptors (Lipinski definition) is 4. The van der Waals surface area contributed by atoms with E-state index in [4.69, 9.17) is 4.74 Å². The SMILES string of the molecule is CC(=O)O[C@H]1CCC2(C)C(C1)C(=O)CC1C3CCC(=O)C3(C)CCC12. The van der Waals surface area contributed by atoms with Crippen LogP contribution in [0.3, 0.4) is 0 Å². The average molecular weight is 346 g/mol. The number of rotatable bonds is 1. The highest BCUT2D eigenvalue weighted by atomic mass is 16.5. The molecule has 0 saturated heterocycles. The van der Waals surface area contributed by atoms with Crippen molar-refractivity contribution in [1.29, 1.82) is 0 Å². The van der Waals surface area contributed by atoms with Gasteiger partial charge in [0.1, 0.15) is 17.7 Å². The molecule has 4 saturated carbocycles. The van der Waals surface area contributed by atoms with Crippen LogP contribution in [0, 0.1) is 34.5 Å². The number of fused-ring (bicyclic) bond motifs is 5. The standard InChI is InChI=1S/C21H30O4/c1-12(22)25-13-6-8-20(2)16-7-9-21(3)15(4-5-19(21)24)14(16)11-18(23)17(20)10-13/h13-17H,4-11H2,1-3H3/t13-,14?,15?,16?,17?,20?,21?/m0/s1. The molecule has 0 N–H and O–H groups in total. The van der Waals surface area contributed by atoms with Crippen LogP contribution >= 0.6 is 0 Å². The summed E-state index contributed by atoms with van der Waals surface area (Å²) in [5, 5.41) is 0. The van der Waals surface area contributed by atoms with Gasteiger partial charge in [-0.25, -0.2) is 0 Å². The van der Waals surface area contributed by atoms with Crippen molar-refractivity contribution in [3.8, 4) is 0 Å². The minimum Gasteiger partial charge on any atom is -0.463 e. The predicted molar refractivity (Wildman–Crippen MR) is 92.7 cm³/mol. The summed E-state index contributed by atoms with van der Waals surface area (Å²) in [6.07, 6.45) is 6.78. The lowest BCUT2D eigenvalue weighted by Crippen LogP contribution is -2.57. The van der Waals surface area contributed by atoms with Crippen LogP contribution in [0.1, 0.15) is 72.1 Å². The second kappa shape index (κ2) is 5.65. The second-order valence-electron chi connectivity index (χ2n) is 9.53. The normalized spacial score (nSPS) is 49.2. The van der Waals surface area contributed by atoms with Crippen molar-refractivity contribution in [2.24, 2.45) is 34.5 Å². The molecule has 0 spiro atoms. The molecule has 4 nitrogen and oxygen atoms in total. The number of hydrogen-bond donors (Lipinski definition) is 0. The zero-order chi connectivity index (χ0) is 18.0. The van der Waals surface area contributed by atoms with Crippen LogP contribution in [0.25, 0.3) is 0 Å². The van der Waals surface area contributed by atoms with Gasteiger partial charge in [-0.05, 0) is 61.7 Å². The number of Topliss-reactive ketones (excluding diaryl/α,β-unsaturated/α-hetero) is 2. The summed E-state index contributed by atoms with van der Waals surface area (Å²) in [5.74, 6) is 1.87. The summed E-state index contributed by atoms with van der Waals surface area (Å²) in [7, 11) is 0. The zero-order valence-electron chi connectivity index (χ0n) is 15.7. The zero-order valence-corrected chi connectivity index (χ0v) is 15.7. The van der Waals surface area contributed by atoms with E-state index in [1.807, 2.05) is 0 Å². The van der Waals surface area contributed by atoms with E-state index in [0.717, 1.165) is 32.1 Å². The third kappa shape index (κ3) is 2.43. The Morgan fingerprint density at radius 1 is 1.08 bits per heavy atom. The monoisotopic (exact) mass is 346 g/mol. The highest BCUT2D eigenvalue weighted by molar-refractivity contribution is 5.88. The van der Waals surface area contributed by atoms with Gasteiger partial charge in [0.15, 0.2) is 0 Å². The van der Waals surface area contributed by atoms with Gasteiger partial charge in [0.05, 0.1) is 0 Å². The van der Waals surface area contributed by atoms with Crippen LogP contribution in [0.4, 0.5) is 0 Å². The van der Waals surface area contributed by atoms with Crippen LogP contribution in [0.15, 0.2) is 0 Å². The fourth-order valence-corrected chi connectivity index (χ4v) is 7.12. The van der Waals surface area contributed by atoms with E-state index in [-0.39, 0.29) is 28.8 Å². The molecule has 4 rings (SSSR count). The molecule has 138 valence electrons. The first-order chi connectivity index (χ1) is 11.8. The number of ketones is 2. The molecule has 4 heteroatoms. The average Bonchev–Trinajstić information content (AvgIpc) is 2.84. The van der Waals surface area contributed by atoms with Crippen molar-refractivity contribution >= 4 is 17.5 Å². The maximum atomic E-state index is 13.1. The van der Waals surface area contributed by atoms with Gasteiger partial charge in [-0.1, -0.05) is 13.8 Å². The third-order valence-electron chi connectivity index (χ3n) is 8.45. The van der Waals surface area contributed by atoms with Crippen molar-refractivity contribution < 1.29 is 19.1 Å². The Hall–Kier alpha value is -1.19. The van der Waals surface area contributed by atoms with Crippen molar-refractivity contribution in [2.45, 2.75) is 78.2 Å². The van der Waals surface area contributed by atoms with E-state index < -0.39 is 0 Å². The Morgan fingerprint density at radius 2 is 1.84 bits per heavy atom. The molecule has 7 atom stereocenters. The van der Waals surface area contributed by atoms with Gasteiger partial charge < -0.3 is 4.74 Å². The molecule has 0 aromatic heterocycles. The van der Waals surface area contributed by atoms with Crippen LogP contribution in [-0.2, 0) is 19.1 Å². The number of carbonyl (C=O) groups excluding carboxylic acids is 3. The first kappa shape index (κ1) is 17.2. The molecular formula is C21H30O4. The summed E-state index contributed by atoms with van der Waals surface area (Å²) in [5.41, 5.74) is -0.163. The Morgan fingerprint density at radius 3 is 2.56 bits per heavy atom. The van der Waals surface area contributed by atoms with Crippen LogP contribution in [0.5, 0.6) is 0 Å². The highest BCUT2D eigenvalue weighted by Crippen LogP contribution is 2.64. The van der Waals surface area contributed by atoms with Crippen LogP contribution < -0.4 is 0 Å². The van der Waals surface area contributed by atoms with Crippen molar-refractivity contribution in [2.75, 3.05) is 0 Å². The maximum absolute atomic E-state index is 13.1. The molecule has 0 radical (unpaired) electrons. The maximum Gasteiger partial charge on any atom is 0.302 e. The first-order valence-corrected chi connectivity index (χ1v) is 9.99. The number of carbonyl (C=O) groups is 3. The van der Waals surface area contributed by atoms with E-state index in [1.54, 1.807) is 0 Å². The van der Waals surface area contributed by atoms with Gasteiger partial charge in [0, 0.05) is 31.1 Å². The molecule has 4 fully saturated rings. The van der Waals surface area contributed by atoms with Gasteiger partial charge in [-0.3, -0.25) is 14.4 Å². The van der Waals surface area contributed by atoms with E-state index >= 15 is 0 Å². The molecule has 0 bridgehead atoms. The van der Waals surface area contributed by atoms with E-state index in [9.17, 15) is 14.4 Å². The van der Waals surface area contributed by atoms with Crippen LogP contribution in [-0.4, -0.2) is 23.6 Å². The van der Waals surface area contributed by atoms with Crippen molar-refractivity contribution in [3.05, 3.63) is 0 Å². The molecule has 0 aromatic carbocycles. The fourth-order valence-electron chi connectivity index (χ4n) is 7.12. The summed E-state index contributed by atoms with van der Waals surface area (Å²) in [6, 6.07) is 0. The first-order valence-electron chi connectivity index (χ1n) is 9.99. The predicted octanol–water partition coefficient (Wildman–Crippen LogP) is 3.71. The summed E-state index contributed by atoms with van der Waals surface area (Å²) in [6.45, 7) is 5.90. The van der Waals surface area contributed by atoms with Crippen molar-refractivity contribution in [1.82, 2.24) is 0 Å².